The van der Waals surface area contributed by atoms with E-state index < -0.39 is 0 Å². The minimum absolute atomic E-state index is 0.102. The molecule has 0 atom stereocenters. The first-order valence-corrected chi connectivity index (χ1v) is 12.9. The number of hydrogen-bond acceptors (Lipinski definition) is 7. The van der Waals surface area contributed by atoms with E-state index in [-0.39, 0.29) is 11.2 Å². The van der Waals surface area contributed by atoms with Gasteiger partial charge in [-0.05, 0) is 74.2 Å². The molecule has 38 heavy (non-hydrogen) atoms. The number of ketones is 1. The number of anilines is 2. The Morgan fingerprint density at radius 1 is 1.13 bits per heavy atom. The van der Waals surface area contributed by atoms with Crippen LogP contribution in [0.3, 0.4) is 0 Å². The number of methoxy groups -OCH3 is 1. The van der Waals surface area contributed by atoms with Crippen molar-refractivity contribution in [2.24, 2.45) is 5.92 Å². The Morgan fingerprint density at radius 3 is 2.58 bits per heavy atom. The molecule has 2 aromatic carbocycles. The van der Waals surface area contributed by atoms with E-state index in [4.69, 9.17) is 9.15 Å². The summed E-state index contributed by atoms with van der Waals surface area (Å²) >= 11 is 0. The molecule has 1 saturated carbocycles. The number of nitrogens with zero attached hydrogens (tertiary/aromatic N) is 2. The van der Waals surface area contributed by atoms with Crippen LogP contribution < -0.4 is 15.5 Å². The molecule has 0 bridgehead atoms. The quantitative estimate of drug-likeness (QED) is 0.259. The number of fused-ring (bicyclic) bond motifs is 1. The normalized spacial score (nSPS) is 14.1. The number of rotatable bonds is 8. The third-order valence-electron chi connectivity index (χ3n) is 7.14. The largest absolute Gasteiger partial charge is 0.497 e. The maximum absolute atomic E-state index is 12.7. The molecule has 7 heteroatoms. The van der Waals surface area contributed by atoms with Gasteiger partial charge in [-0.2, -0.15) is 0 Å². The second-order valence-electron chi connectivity index (χ2n) is 9.85. The first kappa shape index (κ1) is 25.4. The van der Waals surface area contributed by atoms with Crippen LogP contribution in [0.1, 0.15) is 50.3 Å². The van der Waals surface area contributed by atoms with Crippen molar-refractivity contribution in [3.05, 3.63) is 81.8 Å². The predicted molar refractivity (Wildman–Crippen MR) is 150 cm³/mol. The average Bonchev–Trinajstić information content (AvgIpc) is 3.43. The molecular formula is C31H31N3O4. The fourth-order valence-electron chi connectivity index (χ4n) is 4.96. The number of carbonyl (C=O) groups excluding carboxylic acids is 1. The third-order valence-corrected chi connectivity index (χ3v) is 7.14. The van der Waals surface area contributed by atoms with E-state index in [1.165, 1.54) is 31.7 Å². The third kappa shape index (κ3) is 5.67. The second-order valence-corrected chi connectivity index (χ2v) is 9.85. The molecule has 7 nitrogen and oxygen atoms in total. The minimum atomic E-state index is -0.120. The molecule has 0 spiro atoms. The standard InChI is InChI=1S/C31H31N3O4/c1-19-24(15-23(20(2)35)14-21-6-4-5-7-21)18-32-31(33-19)34-25-10-13-27-28(36)17-29(38-30(27)16-25)22-8-11-26(37-3)12-9-22/h8-13,15-18,21H,4-7,14H2,1-3H3,(H,32,33,34)/b23-15+. The van der Waals surface area contributed by atoms with Crippen LogP contribution in [-0.2, 0) is 4.79 Å². The molecule has 1 N–H and O–H groups in total. The van der Waals surface area contributed by atoms with Crippen LogP contribution in [0.2, 0.25) is 0 Å². The van der Waals surface area contributed by atoms with Gasteiger partial charge in [0.05, 0.1) is 18.2 Å². The van der Waals surface area contributed by atoms with E-state index in [2.05, 4.69) is 15.3 Å². The van der Waals surface area contributed by atoms with E-state index in [0.717, 1.165) is 34.6 Å². The highest BCUT2D eigenvalue weighted by atomic mass is 16.5. The zero-order valence-electron chi connectivity index (χ0n) is 21.9. The number of allylic oxidation sites excluding steroid dienone is 1. The number of hydrogen-bond donors (Lipinski definition) is 1. The molecule has 0 aliphatic heterocycles. The summed E-state index contributed by atoms with van der Waals surface area (Å²) in [6.45, 7) is 3.54. The van der Waals surface area contributed by atoms with Crippen molar-refractivity contribution in [2.45, 2.75) is 46.0 Å². The lowest BCUT2D eigenvalue weighted by molar-refractivity contribution is -0.113. The Morgan fingerprint density at radius 2 is 1.89 bits per heavy atom. The highest BCUT2D eigenvalue weighted by Crippen LogP contribution is 2.31. The molecule has 0 amide bonds. The zero-order chi connectivity index (χ0) is 26.6. The summed E-state index contributed by atoms with van der Waals surface area (Å²) in [6.07, 6.45) is 9.37. The molecule has 2 heterocycles. The van der Waals surface area contributed by atoms with Crippen molar-refractivity contribution in [1.82, 2.24) is 9.97 Å². The zero-order valence-corrected chi connectivity index (χ0v) is 21.9. The molecule has 1 aliphatic rings. The van der Waals surface area contributed by atoms with Gasteiger partial charge in [0.25, 0.3) is 0 Å². The lowest BCUT2D eigenvalue weighted by atomic mass is 9.94. The van der Waals surface area contributed by atoms with Gasteiger partial charge >= 0.3 is 0 Å². The monoisotopic (exact) mass is 509 g/mol. The van der Waals surface area contributed by atoms with Gasteiger partial charge in [-0.3, -0.25) is 9.59 Å². The summed E-state index contributed by atoms with van der Waals surface area (Å²) in [5, 5.41) is 3.69. The first-order chi connectivity index (χ1) is 18.4. The lowest BCUT2D eigenvalue weighted by Gasteiger charge is -2.12. The number of Topliss-reactive ketones (excluding diaryl/α,β-unsaturated/α-hetero) is 1. The number of ether oxygens (including phenoxy) is 1. The lowest BCUT2D eigenvalue weighted by Crippen LogP contribution is -2.05. The molecule has 194 valence electrons. The van der Waals surface area contributed by atoms with E-state index in [1.807, 2.05) is 37.3 Å². The van der Waals surface area contributed by atoms with Crippen molar-refractivity contribution in [3.8, 4) is 17.1 Å². The second kappa shape index (κ2) is 11.0. The van der Waals surface area contributed by atoms with Gasteiger partial charge in [0.15, 0.2) is 11.2 Å². The Kier molecular flexibility index (Phi) is 7.36. The molecule has 0 radical (unpaired) electrons. The SMILES string of the molecule is COc1ccc(-c2cc(=O)c3ccc(Nc4ncc(/C=C(\CC5CCCC5)C(C)=O)c(C)n4)cc3o2)cc1. The molecule has 4 aromatic rings. The number of aromatic nitrogens is 2. The molecular weight excluding hydrogens is 478 g/mol. The van der Waals surface area contributed by atoms with Gasteiger partial charge in [0, 0.05) is 35.1 Å². The molecule has 0 unspecified atom stereocenters. The minimum Gasteiger partial charge on any atom is -0.497 e. The summed E-state index contributed by atoms with van der Waals surface area (Å²) in [4.78, 5) is 34.1. The highest BCUT2D eigenvalue weighted by molar-refractivity contribution is 5.97. The summed E-state index contributed by atoms with van der Waals surface area (Å²) in [7, 11) is 1.61. The van der Waals surface area contributed by atoms with Crippen molar-refractivity contribution >= 4 is 34.5 Å². The van der Waals surface area contributed by atoms with Gasteiger partial charge in [0.1, 0.15) is 17.1 Å². The van der Waals surface area contributed by atoms with E-state index in [0.29, 0.717) is 34.3 Å². The summed E-state index contributed by atoms with van der Waals surface area (Å²) in [5.74, 6) is 2.32. The van der Waals surface area contributed by atoms with E-state index >= 15 is 0 Å². The van der Waals surface area contributed by atoms with Crippen molar-refractivity contribution in [3.63, 3.8) is 0 Å². The van der Waals surface area contributed by atoms with E-state index in [1.54, 1.807) is 38.4 Å². The molecule has 5 rings (SSSR count). The van der Waals surface area contributed by atoms with Crippen LogP contribution in [0, 0.1) is 12.8 Å². The fraction of sp³-hybridized carbons (Fsp3) is 0.290. The molecule has 0 saturated heterocycles. The van der Waals surface area contributed by atoms with Gasteiger partial charge in [-0.25, -0.2) is 9.97 Å². The fourth-order valence-corrected chi connectivity index (χ4v) is 4.96. The number of nitrogens with one attached hydrogen (secondary N) is 1. The van der Waals surface area contributed by atoms with Crippen molar-refractivity contribution < 1.29 is 13.9 Å². The predicted octanol–water partition coefficient (Wildman–Crippen LogP) is 6.86. The smallest absolute Gasteiger partial charge is 0.227 e. The summed E-state index contributed by atoms with van der Waals surface area (Å²) < 4.78 is 11.3. The van der Waals surface area contributed by atoms with Crippen LogP contribution in [-0.4, -0.2) is 22.9 Å². The first-order valence-electron chi connectivity index (χ1n) is 12.9. The molecule has 1 fully saturated rings. The van der Waals surface area contributed by atoms with Gasteiger partial charge < -0.3 is 14.5 Å². The maximum atomic E-state index is 12.7. The van der Waals surface area contributed by atoms with Gasteiger partial charge in [0.2, 0.25) is 5.95 Å². The van der Waals surface area contributed by atoms with Crippen LogP contribution in [0.25, 0.3) is 28.4 Å². The average molecular weight is 510 g/mol. The maximum Gasteiger partial charge on any atom is 0.227 e. The number of carbonyl (C=O) groups is 1. The summed E-state index contributed by atoms with van der Waals surface area (Å²) in [6, 6.07) is 14.1. The molecule has 2 aromatic heterocycles. The van der Waals surface area contributed by atoms with Crippen LogP contribution in [0.5, 0.6) is 5.75 Å². The Labute approximate surface area is 221 Å². The summed E-state index contributed by atoms with van der Waals surface area (Å²) in [5.41, 5.74) is 4.27. The van der Waals surface area contributed by atoms with Crippen LogP contribution >= 0.6 is 0 Å². The van der Waals surface area contributed by atoms with Crippen molar-refractivity contribution in [1.29, 1.82) is 0 Å². The van der Waals surface area contributed by atoms with Gasteiger partial charge in [-0.1, -0.05) is 25.7 Å². The Balaban J connectivity index is 1.38. The highest BCUT2D eigenvalue weighted by Gasteiger charge is 2.19. The molecule has 1 aliphatic carbocycles. The van der Waals surface area contributed by atoms with Gasteiger partial charge in [-0.15, -0.1) is 0 Å². The Bertz CT molecular complexity index is 1560. The van der Waals surface area contributed by atoms with Crippen LogP contribution in [0.15, 0.2) is 69.5 Å². The Hall–Kier alpha value is -4.26. The van der Waals surface area contributed by atoms with Crippen molar-refractivity contribution in [2.75, 3.05) is 12.4 Å². The topological polar surface area (TPSA) is 94.3 Å². The van der Waals surface area contributed by atoms with E-state index in [9.17, 15) is 9.59 Å². The number of benzene rings is 2. The van der Waals surface area contributed by atoms with Crippen LogP contribution in [0.4, 0.5) is 11.6 Å². The number of aryl methyl sites for hydroxylation is 1.